The van der Waals surface area contributed by atoms with Crippen LogP contribution in [0.1, 0.15) is 18.1 Å². The molecule has 0 aliphatic carbocycles. The molecule has 3 rings (SSSR count). The van der Waals surface area contributed by atoms with E-state index < -0.39 is 11.8 Å². The Morgan fingerprint density at radius 3 is 2.44 bits per heavy atom. The number of benzene rings is 3. The third-order valence-corrected chi connectivity index (χ3v) is 4.77. The maximum atomic E-state index is 12.2. The second kappa shape index (κ2) is 12.3. The summed E-state index contributed by atoms with van der Waals surface area (Å²) in [4.78, 5) is 24.3. The number of hydrogen-bond acceptors (Lipinski definition) is 6. The van der Waals surface area contributed by atoms with Crippen LogP contribution in [0, 0.1) is 0 Å². The van der Waals surface area contributed by atoms with Crippen LogP contribution >= 0.6 is 11.6 Å². The molecule has 34 heavy (non-hydrogen) atoms. The van der Waals surface area contributed by atoms with E-state index in [-0.39, 0.29) is 0 Å². The number of nitrogens with zero attached hydrogens (tertiary/aromatic N) is 1. The molecule has 0 saturated heterocycles. The number of carbonyl (C=O) groups excluding carboxylic acids is 2. The van der Waals surface area contributed by atoms with Gasteiger partial charge in [-0.05, 0) is 60.5 Å². The second-order valence-corrected chi connectivity index (χ2v) is 7.34. The van der Waals surface area contributed by atoms with Gasteiger partial charge in [0.1, 0.15) is 12.4 Å². The molecule has 0 aliphatic heterocycles. The van der Waals surface area contributed by atoms with Crippen LogP contribution in [0.15, 0.2) is 71.8 Å². The van der Waals surface area contributed by atoms with Crippen LogP contribution in [0.3, 0.4) is 0 Å². The molecule has 0 aromatic heterocycles. The Morgan fingerprint density at radius 1 is 0.941 bits per heavy atom. The Hall–Kier alpha value is -4.04. The SMILES string of the molecule is CCOc1ccccc1NC(=O)C(=O)N/N=C/c1ccc(OCc2ccc(Cl)cc2)c(OC)c1. The van der Waals surface area contributed by atoms with E-state index in [0.29, 0.717) is 46.7 Å². The molecule has 0 unspecified atom stereocenters. The minimum Gasteiger partial charge on any atom is -0.493 e. The molecule has 0 aliphatic rings. The van der Waals surface area contributed by atoms with E-state index in [9.17, 15) is 9.59 Å². The average molecular weight is 482 g/mol. The average Bonchev–Trinajstić information content (AvgIpc) is 2.85. The van der Waals surface area contributed by atoms with Crippen molar-refractivity contribution in [3.63, 3.8) is 0 Å². The Bertz CT molecular complexity index is 1170. The molecule has 8 nitrogen and oxygen atoms in total. The lowest BCUT2D eigenvalue weighted by molar-refractivity contribution is -0.136. The molecule has 2 N–H and O–H groups in total. The van der Waals surface area contributed by atoms with E-state index in [0.717, 1.165) is 5.56 Å². The summed E-state index contributed by atoms with van der Waals surface area (Å²) in [6.45, 7) is 2.60. The van der Waals surface area contributed by atoms with Gasteiger partial charge in [-0.25, -0.2) is 5.43 Å². The van der Waals surface area contributed by atoms with Crippen LogP contribution in [-0.2, 0) is 16.2 Å². The lowest BCUT2D eigenvalue weighted by Gasteiger charge is -2.11. The summed E-state index contributed by atoms with van der Waals surface area (Å²) in [7, 11) is 1.53. The van der Waals surface area contributed by atoms with Crippen molar-refractivity contribution in [3.05, 3.63) is 82.9 Å². The van der Waals surface area contributed by atoms with Crippen molar-refractivity contribution < 1.29 is 23.8 Å². The summed E-state index contributed by atoms with van der Waals surface area (Å²) in [6, 6.07) is 19.4. The number of hydrazone groups is 1. The fourth-order valence-corrected chi connectivity index (χ4v) is 3.00. The highest BCUT2D eigenvalue weighted by Crippen LogP contribution is 2.28. The zero-order valence-corrected chi connectivity index (χ0v) is 19.5. The normalized spacial score (nSPS) is 10.6. The van der Waals surface area contributed by atoms with Gasteiger partial charge in [-0.3, -0.25) is 9.59 Å². The molecule has 3 aromatic carbocycles. The van der Waals surface area contributed by atoms with E-state index in [2.05, 4.69) is 15.8 Å². The van der Waals surface area contributed by atoms with Crippen molar-refractivity contribution in [3.8, 4) is 17.2 Å². The van der Waals surface area contributed by atoms with Crippen LogP contribution in [0.4, 0.5) is 5.69 Å². The van der Waals surface area contributed by atoms with Gasteiger partial charge in [0, 0.05) is 5.02 Å². The summed E-state index contributed by atoms with van der Waals surface area (Å²) in [5.74, 6) is -0.272. The van der Waals surface area contributed by atoms with Crippen molar-refractivity contribution in [2.45, 2.75) is 13.5 Å². The number of hydrogen-bond donors (Lipinski definition) is 2. The predicted molar refractivity (Wildman–Crippen MR) is 131 cm³/mol. The first-order valence-corrected chi connectivity index (χ1v) is 10.8. The molecule has 0 heterocycles. The molecular formula is C25H24ClN3O5. The van der Waals surface area contributed by atoms with Crippen LogP contribution in [-0.4, -0.2) is 31.7 Å². The van der Waals surface area contributed by atoms with Gasteiger partial charge < -0.3 is 19.5 Å². The van der Waals surface area contributed by atoms with Gasteiger partial charge in [0.15, 0.2) is 11.5 Å². The molecule has 0 saturated carbocycles. The molecular weight excluding hydrogens is 458 g/mol. The number of anilines is 1. The largest absolute Gasteiger partial charge is 0.493 e. The lowest BCUT2D eigenvalue weighted by atomic mass is 10.2. The molecule has 0 bridgehead atoms. The summed E-state index contributed by atoms with van der Waals surface area (Å²) >= 11 is 5.90. The first-order valence-electron chi connectivity index (χ1n) is 10.4. The number of halogens is 1. The van der Waals surface area contributed by atoms with E-state index >= 15 is 0 Å². The molecule has 2 amide bonds. The predicted octanol–water partition coefficient (Wildman–Crippen LogP) is 4.42. The highest BCUT2D eigenvalue weighted by molar-refractivity contribution is 6.39. The van der Waals surface area contributed by atoms with Crippen LogP contribution in [0.5, 0.6) is 17.2 Å². The maximum Gasteiger partial charge on any atom is 0.329 e. The minimum atomic E-state index is -0.919. The van der Waals surface area contributed by atoms with Gasteiger partial charge in [-0.1, -0.05) is 35.9 Å². The number of amides is 2. The summed E-state index contributed by atoms with van der Waals surface area (Å²) in [5, 5.41) is 7.01. The number of carbonyl (C=O) groups is 2. The van der Waals surface area contributed by atoms with E-state index in [1.54, 1.807) is 54.6 Å². The third-order valence-electron chi connectivity index (χ3n) is 4.52. The van der Waals surface area contributed by atoms with Crippen molar-refractivity contribution in [2.24, 2.45) is 5.10 Å². The zero-order valence-electron chi connectivity index (χ0n) is 18.7. The van der Waals surface area contributed by atoms with E-state index in [4.69, 9.17) is 25.8 Å². The number of nitrogens with one attached hydrogen (secondary N) is 2. The summed E-state index contributed by atoms with van der Waals surface area (Å²) < 4.78 is 16.6. The standard InChI is InChI=1S/C25H24ClN3O5/c1-3-33-21-7-5-4-6-20(21)28-24(30)25(31)29-27-15-18-10-13-22(23(14-18)32-2)34-16-17-8-11-19(26)12-9-17/h4-15H,3,16H2,1-2H3,(H,28,30)(H,29,31)/b27-15+. The Balaban J connectivity index is 1.56. The molecule has 0 radical (unpaired) electrons. The van der Waals surface area contributed by atoms with Crippen molar-refractivity contribution in [1.82, 2.24) is 5.43 Å². The van der Waals surface area contributed by atoms with Gasteiger partial charge >= 0.3 is 11.8 Å². The molecule has 3 aromatic rings. The number of methoxy groups -OCH3 is 1. The van der Waals surface area contributed by atoms with Gasteiger partial charge in [0.05, 0.1) is 25.6 Å². The Kier molecular flexibility index (Phi) is 8.88. The molecule has 176 valence electrons. The number of para-hydroxylation sites is 2. The lowest BCUT2D eigenvalue weighted by Crippen LogP contribution is -2.32. The minimum absolute atomic E-state index is 0.346. The quantitative estimate of drug-likeness (QED) is 0.268. The zero-order chi connectivity index (χ0) is 24.3. The highest BCUT2D eigenvalue weighted by Gasteiger charge is 2.15. The fraction of sp³-hybridized carbons (Fsp3) is 0.160. The first-order chi connectivity index (χ1) is 16.5. The van der Waals surface area contributed by atoms with Crippen molar-refractivity contribution >= 4 is 35.3 Å². The van der Waals surface area contributed by atoms with Crippen LogP contribution in [0.2, 0.25) is 5.02 Å². The molecule has 0 fully saturated rings. The van der Waals surface area contributed by atoms with Crippen molar-refractivity contribution in [2.75, 3.05) is 19.0 Å². The second-order valence-electron chi connectivity index (χ2n) is 6.91. The fourth-order valence-electron chi connectivity index (χ4n) is 2.87. The number of rotatable bonds is 9. The number of ether oxygens (including phenoxy) is 3. The smallest absolute Gasteiger partial charge is 0.329 e. The van der Waals surface area contributed by atoms with Crippen LogP contribution < -0.4 is 25.0 Å². The van der Waals surface area contributed by atoms with E-state index in [1.807, 2.05) is 19.1 Å². The van der Waals surface area contributed by atoms with Gasteiger partial charge in [-0.2, -0.15) is 5.10 Å². The maximum absolute atomic E-state index is 12.2. The summed E-state index contributed by atoms with van der Waals surface area (Å²) in [5.41, 5.74) is 4.19. The van der Waals surface area contributed by atoms with Gasteiger partial charge in [0.25, 0.3) is 0 Å². The summed E-state index contributed by atoms with van der Waals surface area (Å²) in [6.07, 6.45) is 1.39. The Morgan fingerprint density at radius 2 is 1.71 bits per heavy atom. The molecule has 9 heteroatoms. The van der Waals surface area contributed by atoms with Crippen LogP contribution in [0.25, 0.3) is 0 Å². The van der Waals surface area contributed by atoms with Gasteiger partial charge in [0.2, 0.25) is 0 Å². The topological polar surface area (TPSA) is 98.2 Å². The first kappa shape index (κ1) is 24.6. The molecule has 0 atom stereocenters. The monoisotopic (exact) mass is 481 g/mol. The third kappa shape index (κ3) is 6.98. The van der Waals surface area contributed by atoms with Crippen molar-refractivity contribution in [1.29, 1.82) is 0 Å². The molecule has 0 spiro atoms. The van der Waals surface area contributed by atoms with E-state index in [1.165, 1.54) is 13.3 Å². The Labute approximate surface area is 202 Å². The van der Waals surface area contributed by atoms with Gasteiger partial charge in [-0.15, -0.1) is 0 Å². The highest BCUT2D eigenvalue weighted by atomic mass is 35.5.